The summed E-state index contributed by atoms with van der Waals surface area (Å²) >= 11 is 3.65. The number of unbranched alkanes of at least 4 members (excludes halogenated alkanes) is 1. The van der Waals surface area contributed by atoms with Crippen LogP contribution in [0.3, 0.4) is 0 Å². The van der Waals surface area contributed by atoms with Gasteiger partial charge in [0.05, 0.1) is 0 Å². The minimum absolute atomic E-state index is 1.17. The zero-order chi connectivity index (χ0) is 12.6. The van der Waals surface area contributed by atoms with E-state index in [4.69, 9.17) is 0 Å². The number of rotatable bonds is 6. The molecule has 2 heteroatoms. The molecule has 1 heterocycles. The lowest BCUT2D eigenvalue weighted by molar-refractivity contribution is 0.810. The van der Waals surface area contributed by atoms with Crippen LogP contribution in [0.2, 0.25) is 0 Å². The average molecular weight is 274 g/mol. The minimum Gasteiger partial charge on any atom is -0.152 e. The molecule has 0 bridgehead atoms. The Morgan fingerprint density at radius 2 is 2.06 bits per heavy atom. The molecule has 0 amide bonds. The Bertz CT molecular complexity index is 469. The van der Waals surface area contributed by atoms with E-state index in [0.717, 1.165) is 0 Å². The first-order valence-electron chi connectivity index (χ1n) is 6.34. The summed E-state index contributed by atoms with van der Waals surface area (Å²) in [5.74, 6) is 0. The molecule has 2 rings (SSSR count). The third-order valence-corrected chi connectivity index (χ3v) is 4.43. The van der Waals surface area contributed by atoms with Crippen LogP contribution in [0, 0.1) is 0 Å². The van der Waals surface area contributed by atoms with Gasteiger partial charge >= 0.3 is 0 Å². The molecule has 0 aliphatic carbocycles. The second-order valence-corrected chi connectivity index (χ2v) is 6.17. The maximum atomic E-state index is 2.32. The molecule has 0 nitrogen and oxygen atoms in total. The fourth-order valence-electron chi connectivity index (χ4n) is 1.69. The van der Waals surface area contributed by atoms with Crippen molar-refractivity contribution in [3.05, 3.63) is 57.6 Å². The zero-order valence-electron chi connectivity index (χ0n) is 10.6. The molecule has 2 aromatic rings. The Kier molecular flexibility index (Phi) is 5.56. The first-order chi connectivity index (χ1) is 8.88. The monoisotopic (exact) mass is 274 g/mol. The Morgan fingerprint density at radius 3 is 2.72 bits per heavy atom. The molecule has 0 unspecified atom stereocenters. The van der Waals surface area contributed by atoms with E-state index < -0.39 is 0 Å². The molecule has 0 N–H and O–H groups in total. The van der Waals surface area contributed by atoms with E-state index in [9.17, 15) is 0 Å². The first kappa shape index (κ1) is 13.4. The first-order valence-corrected chi connectivity index (χ1v) is 8.10. The van der Waals surface area contributed by atoms with Gasteiger partial charge in [0.15, 0.2) is 0 Å². The Balaban J connectivity index is 2.10. The van der Waals surface area contributed by atoms with Crippen LogP contribution in [0.1, 0.15) is 31.7 Å². The number of hydrogen-bond acceptors (Lipinski definition) is 2. The number of thiophene rings is 1. The molecule has 0 spiro atoms. The van der Waals surface area contributed by atoms with Gasteiger partial charge in [-0.2, -0.15) is 11.3 Å². The van der Waals surface area contributed by atoms with E-state index in [1.54, 1.807) is 11.3 Å². The van der Waals surface area contributed by atoms with Crippen LogP contribution < -0.4 is 0 Å². The summed E-state index contributed by atoms with van der Waals surface area (Å²) in [6, 6.07) is 12.8. The summed E-state index contributed by atoms with van der Waals surface area (Å²) in [5.41, 5.74) is 1.33. The van der Waals surface area contributed by atoms with Crippen molar-refractivity contribution in [2.75, 3.05) is 0 Å². The molecule has 94 valence electrons. The molecule has 0 fully saturated rings. The predicted octanol–water partition coefficient (Wildman–Crippen LogP) is 6.07. The number of allylic oxidation sites excluding steroid dienone is 1. The number of thioether (sulfide) groups is 1. The largest absolute Gasteiger partial charge is 0.152 e. The van der Waals surface area contributed by atoms with Crippen LogP contribution in [0.5, 0.6) is 0 Å². The molecule has 0 radical (unpaired) electrons. The van der Waals surface area contributed by atoms with E-state index in [1.807, 2.05) is 11.8 Å². The molecule has 0 saturated carbocycles. The fourth-order valence-corrected chi connectivity index (χ4v) is 3.34. The maximum Gasteiger partial charge on any atom is 0.0119 e. The standard InChI is InChI=1S/C16H18S2/c1-2-3-7-16(12-14-10-11-17-13-14)18-15-8-5-4-6-9-15/h4-6,8-13H,2-3,7H2,1H3/b16-12+. The molecule has 1 aromatic carbocycles. The molecular weight excluding hydrogens is 256 g/mol. The molecule has 0 aliphatic heterocycles. The summed E-state index contributed by atoms with van der Waals surface area (Å²) in [7, 11) is 0. The lowest BCUT2D eigenvalue weighted by Gasteiger charge is -2.06. The quantitative estimate of drug-likeness (QED) is 0.576. The normalized spacial score (nSPS) is 11.7. The summed E-state index contributed by atoms with van der Waals surface area (Å²) in [6.07, 6.45) is 6.00. The van der Waals surface area contributed by atoms with Gasteiger partial charge in [0.1, 0.15) is 0 Å². The smallest absolute Gasteiger partial charge is 0.0119 e. The molecule has 0 atom stereocenters. The van der Waals surface area contributed by atoms with Crippen LogP contribution in [0.15, 0.2) is 57.0 Å². The van der Waals surface area contributed by atoms with E-state index >= 15 is 0 Å². The van der Waals surface area contributed by atoms with Gasteiger partial charge in [-0.1, -0.05) is 43.3 Å². The van der Waals surface area contributed by atoms with Crippen molar-refractivity contribution in [1.29, 1.82) is 0 Å². The Morgan fingerprint density at radius 1 is 1.22 bits per heavy atom. The van der Waals surface area contributed by atoms with Crippen molar-refractivity contribution < 1.29 is 0 Å². The molecule has 18 heavy (non-hydrogen) atoms. The fraction of sp³-hybridized carbons (Fsp3) is 0.250. The molecular formula is C16H18S2. The summed E-state index contributed by atoms with van der Waals surface area (Å²) in [6.45, 7) is 2.25. The highest BCUT2D eigenvalue weighted by molar-refractivity contribution is 8.03. The highest BCUT2D eigenvalue weighted by Crippen LogP contribution is 2.31. The van der Waals surface area contributed by atoms with E-state index in [2.05, 4.69) is 60.2 Å². The highest BCUT2D eigenvalue weighted by Gasteiger charge is 2.01. The van der Waals surface area contributed by atoms with Gasteiger partial charge in [0.25, 0.3) is 0 Å². The van der Waals surface area contributed by atoms with Gasteiger partial charge in [-0.25, -0.2) is 0 Å². The van der Waals surface area contributed by atoms with E-state index in [-0.39, 0.29) is 0 Å². The molecule has 0 aliphatic rings. The van der Waals surface area contributed by atoms with Crippen LogP contribution in [-0.4, -0.2) is 0 Å². The summed E-state index contributed by atoms with van der Waals surface area (Å²) in [5, 5.41) is 4.34. The van der Waals surface area contributed by atoms with Crippen LogP contribution in [0.4, 0.5) is 0 Å². The predicted molar refractivity (Wildman–Crippen MR) is 84.1 cm³/mol. The zero-order valence-corrected chi connectivity index (χ0v) is 12.3. The van der Waals surface area contributed by atoms with E-state index in [1.165, 1.54) is 34.6 Å². The highest BCUT2D eigenvalue weighted by atomic mass is 32.2. The third kappa shape index (κ3) is 4.35. The molecule has 0 saturated heterocycles. The van der Waals surface area contributed by atoms with E-state index in [0.29, 0.717) is 0 Å². The van der Waals surface area contributed by atoms with Gasteiger partial charge in [0, 0.05) is 4.90 Å². The lowest BCUT2D eigenvalue weighted by Crippen LogP contribution is -1.80. The van der Waals surface area contributed by atoms with Gasteiger partial charge in [0.2, 0.25) is 0 Å². The van der Waals surface area contributed by atoms with Gasteiger partial charge in [-0.15, -0.1) is 0 Å². The van der Waals surface area contributed by atoms with Gasteiger partial charge in [-0.3, -0.25) is 0 Å². The average Bonchev–Trinajstić information content (AvgIpc) is 2.90. The Labute approximate surface area is 118 Å². The van der Waals surface area contributed by atoms with Crippen LogP contribution in [-0.2, 0) is 0 Å². The van der Waals surface area contributed by atoms with Gasteiger partial charge < -0.3 is 0 Å². The topological polar surface area (TPSA) is 0 Å². The van der Waals surface area contributed by atoms with Crippen molar-refractivity contribution in [3.63, 3.8) is 0 Å². The minimum atomic E-state index is 1.17. The van der Waals surface area contributed by atoms with Crippen molar-refractivity contribution in [3.8, 4) is 0 Å². The molecule has 1 aromatic heterocycles. The second-order valence-electron chi connectivity index (χ2n) is 4.19. The van der Waals surface area contributed by atoms with Crippen molar-refractivity contribution in [2.45, 2.75) is 31.1 Å². The number of benzene rings is 1. The Hall–Kier alpha value is -0.990. The van der Waals surface area contributed by atoms with Crippen LogP contribution >= 0.6 is 23.1 Å². The third-order valence-electron chi connectivity index (χ3n) is 2.64. The summed E-state index contributed by atoms with van der Waals surface area (Å²) in [4.78, 5) is 2.79. The van der Waals surface area contributed by atoms with Crippen LogP contribution in [0.25, 0.3) is 6.08 Å². The SMILES string of the molecule is CCCC/C(=C\c1ccsc1)Sc1ccccc1. The lowest BCUT2D eigenvalue weighted by atomic mass is 10.2. The number of hydrogen-bond donors (Lipinski definition) is 0. The van der Waals surface area contributed by atoms with Crippen molar-refractivity contribution in [2.24, 2.45) is 0 Å². The maximum absolute atomic E-state index is 2.32. The van der Waals surface area contributed by atoms with Crippen molar-refractivity contribution in [1.82, 2.24) is 0 Å². The van der Waals surface area contributed by atoms with Gasteiger partial charge in [-0.05, 0) is 58.3 Å². The van der Waals surface area contributed by atoms with Crippen molar-refractivity contribution >= 4 is 29.2 Å². The second kappa shape index (κ2) is 7.45. The summed E-state index contributed by atoms with van der Waals surface area (Å²) < 4.78 is 0.